The number of fused-ring (bicyclic) bond motifs is 1. The fourth-order valence-electron chi connectivity index (χ4n) is 3.67. The molecule has 1 aromatic carbocycles. The molecule has 1 saturated carbocycles. The van der Waals surface area contributed by atoms with Crippen molar-refractivity contribution in [3.8, 4) is 0 Å². The molecule has 17 heavy (non-hydrogen) atoms. The molecule has 2 N–H and O–H groups in total. The summed E-state index contributed by atoms with van der Waals surface area (Å²) >= 11 is 0. The first-order chi connectivity index (χ1) is 8.31. The minimum Gasteiger partial charge on any atom is -0.385 e. The highest BCUT2D eigenvalue weighted by Gasteiger charge is 2.45. The van der Waals surface area contributed by atoms with Crippen molar-refractivity contribution in [1.29, 1.82) is 0 Å². The van der Waals surface area contributed by atoms with Gasteiger partial charge in [0.2, 0.25) is 0 Å². The zero-order chi connectivity index (χ0) is 11.7. The summed E-state index contributed by atoms with van der Waals surface area (Å²) in [5, 5.41) is 14.7. The third-order valence-corrected chi connectivity index (χ3v) is 4.57. The van der Waals surface area contributed by atoms with Crippen LogP contribution >= 0.6 is 0 Å². The third kappa shape index (κ3) is 1.90. The highest BCUT2D eigenvalue weighted by atomic mass is 16.3. The van der Waals surface area contributed by atoms with Gasteiger partial charge < -0.3 is 10.4 Å². The number of rotatable bonds is 1. The van der Waals surface area contributed by atoms with Crippen LogP contribution < -0.4 is 5.32 Å². The van der Waals surface area contributed by atoms with Gasteiger partial charge >= 0.3 is 0 Å². The number of piperidine rings is 1. The number of hydrogen-bond acceptors (Lipinski definition) is 2. The van der Waals surface area contributed by atoms with Gasteiger partial charge in [-0.25, -0.2) is 0 Å². The molecule has 0 bridgehead atoms. The smallest absolute Gasteiger partial charge is 0.0951 e. The summed E-state index contributed by atoms with van der Waals surface area (Å²) in [6, 6.07) is 10.8. The number of nitrogens with one attached hydrogen (secondary N) is 1. The molecule has 1 aliphatic heterocycles. The fraction of sp³-hybridized carbons (Fsp3) is 0.600. The van der Waals surface area contributed by atoms with E-state index in [0.29, 0.717) is 12.0 Å². The van der Waals surface area contributed by atoms with Gasteiger partial charge in [-0.05, 0) is 31.4 Å². The van der Waals surface area contributed by atoms with E-state index in [0.717, 1.165) is 24.9 Å². The molecule has 2 aliphatic rings. The fourth-order valence-corrected chi connectivity index (χ4v) is 3.67. The molecule has 1 unspecified atom stereocenters. The maximum absolute atomic E-state index is 11.1. The molecule has 3 atom stereocenters. The predicted molar refractivity (Wildman–Crippen MR) is 68.7 cm³/mol. The Bertz CT molecular complexity index is 376. The van der Waals surface area contributed by atoms with Crippen LogP contribution in [0, 0.1) is 5.92 Å². The molecule has 2 heteroatoms. The zero-order valence-corrected chi connectivity index (χ0v) is 10.2. The number of aliphatic hydroxyl groups is 1. The van der Waals surface area contributed by atoms with E-state index in [4.69, 9.17) is 0 Å². The second-order valence-corrected chi connectivity index (χ2v) is 5.49. The Kier molecular flexibility index (Phi) is 2.93. The quantitative estimate of drug-likeness (QED) is 0.778. The van der Waals surface area contributed by atoms with Crippen molar-refractivity contribution >= 4 is 0 Å². The summed E-state index contributed by atoms with van der Waals surface area (Å²) in [6.07, 6.45) is 5.79. The maximum atomic E-state index is 11.1. The van der Waals surface area contributed by atoms with Gasteiger partial charge in [-0.15, -0.1) is 0 Å². The summed E-state index contributed by atoms with van der Waals surface area (Å²) in [5.41, 5.74) is 0.510. The molecular weight excluding hydrogens is 210 g/mol. The normalized spacial score (nSPS) is 37.5. The minimum atomic E-state index is -0.600. The van der Waals surface area contributed by atoms with Crippen LogP contribution in [0.2, 0.25) is 0 Å². The van der Waals surface area contributed by atoms with Crippen molar-refractivity contribution in [1.82, 2.24) is 5.32 Å². The van der Waals surface area contributed by atoms with Crippen LogP contribution in [0.4, 0.5) is 0 Å². The lowest BCUT2D eigenvalue weighted by atomic mass is 9.67. The van der Waals surface area contributed by atoms with Crippen molar-refractivity contribution in [3.05, 3.63) is 35.9 Å². The summed E-state index contributed by atoms with van der Waals surface area (Å²) in [6.45, 7) is 0.937. The van der Waals surface area contributed by atoms with Crippen molar-refractivity contribution < 1.29 is 5.11 Å². The Morgan fingerprint density at radius 2 is 1.88 bits per heavy atom. The average Bonchev–Trinajstić information content (AvgIpc) is 2.40. The van der Waals surface area contributed by atoms with Crippen LogP contribution in [0.15, 0.2) is 30.3 Å². The van der Waals surface area contributed by atoms with Crippen LogP contribution in [-0.4, -0.2) is 17.7 Å². The molecule has 1 heterocycles. The van der Waals surface area contributed by atoms with Gasteiger partial charge in [0, 0.05) is 12.0 Å². The highest BCUT2D eigenvalue weighted by molar-refractivity contribution is 5.25. The van der Waals surface area contributed by atoms with Crippen LogP contribution in [0.3, 0.4) is 0 Å². The lowest BCUT2D eigenvalue weighted by Gasteiger charge is -2.48. The second-order valence-electron chi connectivity index (χ2n) is 5.49. The standard InChI is InChI=1S/C15H21NO/c17-15(12-6-2-1-3-7-12)10-11-16-14-9-5-4-8-13(14)15/h1-3,6-7,13-14,16-17H,4-5,8-11H2/t13-,14-,15?/m1/s1. The molecule has 3 rings (SSSR count). The molecule has 2 fully saturated rings. The summed E-state index contributed by atoms with van der Waals surface area (Å²) in [7, 11) is 0. The van der Waals surface area contributed by atoms with Crippen LogP contribution in [-0.2, 0) is 5.60 Å². The van der Waals surface area contributed by atoms with E-state index in [2.05, 4.69) is 17.4 Å². The predicted octanol–water partition coefficient (Wildman–Crippen LogP) is 2.43. The van der Waals surface area contributed by atoms with Gasteiger partial charge in [-0.2, -0.15) is 0 Å². The third-order valence-electron chi connectivity index (χ3n) is 4.57. The number of hydrogen-bond donors (Lipinski definition) is 2. The molecule has 1 aromatic rings. The molecule has 1 aliphatic carbocycles. The van der Waals surface area contributed by atoms with Gasteiger partial charge in [-0.1, -0.05) is 43.2 Å². The van der Waals surface area contributed by atoms with E-state index < -0.39 is 5.60 Å². The lowest BCUT2D eigenvalue weighted by molar-refractivity contribution is -0.0780. The SMILES string of the molecule is OC1(c2ccccc2)CCN[C@@H]2CCCC[C@H]21. The summed E-state index contributed by atoms with van der Waals surface area (Å²) < 4.78 is 0. The van der Waals surface area contributed by atoms with Crippen molar-refractivity contribution in [2.24, 2.45) is 5.92 Å². The van der Waals surface area contributed by atoms with Gasteiger partial charge in [0.15, 0.2) is 0 Å². The monoisotopic (exact) mass is 231 g/mol. The van der Waals surface area contributed by atoms with E-state index >= 15 is 0 Å². The van der Waals surface area contributed by atoms with Gasteiger partial charge in [-0.3, -0.25) is 0 Å². The molecule has 0 radical (unpaired) electrons. The van der Waals surface area contributed by atoms with Crippen molar-refractivity contribution in [2.45, 2.75) is 43.7 Å². The molecular formula is C15H21NO. The Balaban J connectivity index is 1.94. The molecule has 0 aromatic heterocycles. The van der Waals surface area contributed by atoms with Crippen LogP contribution in [0.5, 0.6) is 0 Å². The van der Waals surface area contributed by atoms with E-state index in [1.165, 1.54) is 19.3 Å². The number of benzene rings is 1. The average molecular weight is 231 g/mol. The molecule has 1 saturated heterocycles. The molecule has 0 amide bonds. The van der Waals surface area contributed by atoms with E-state index in [-0.39, 0.29) is 0 Å². The zero-order valence-electron chi connectivity index (χ0n) is 10.2. The Hall–Kier alpha value is -0.860. The topological polar surface area (TPSA) is 32.3 Å². The first-order valence-corrected chi connectivity index (χ1v) is 6.82. The van der Waals surface area contributed by atoms with Gasteiger partial charge in [0.25, 0.3) is 0 Å². The molecule has 2 nitrogen and oxygen atoms in total. The van der Waals surface area contributed by atoms with Gasteiger partial charge in [0.05, 0.1) is 5.60 Å². The molecule has 92 valence electrons. The van der Waals surface area contributed by atoms with Gasteiger partial charge in [0.1, 0.15) is 0 Å². The Labute approximate surface area is 103 Å². The van der Waals surface area contributed by atoms with E-state index in [1.807, 2.05) is 18.2 Å². The first kappa shape index (κ1) is 11.2. The Morgan fingerprint density at radius 3 is 2.71 bits per heavy atom. The largest absolute Gasteiger partial charge is 0.385 e. The Morgan fingerprint density at radius 1 is 1.12 bits per heavy atom. The summed E-state index contributed by atoms with van der Waals surface area (Å²) in [5.74, 6) is 0.396. The van der Waals surface area contributed by atoms with Crippen LogP contribution in [0.1, 0.15) is 37.7 Å². The van der Waals surface area contributed by atoms with E-state index in [9.17, 15) is 5.11 Å². The van der Waals surface area contributed by atoms with Crippen molar-refractivity contribution in [2.75, 3.05) is 6.54 Å². The van der Waals surface area contributed by atoms with E-state index in [1.54, 1.807) is 0 Å². The second kappa shape index (κ2) is 4.43. The maximum Gasteiger partial charge on any atom is 0.0951 e. The first-order valence-electron chi connectivity index (χ1n) is 6.82. The van der Waals surface area contributed by atoms with Crippen LogP contribution in [0.25, 0.3) is 0 Å². The lowest BCUT2D eigenvalue weighted by Crippen LogP contribution is -2.55. The summed E-state index contributed by atoms with van der Waals surface area (Å²) in [4.78, 5) is 0. The molecule has 0 spiro atoms. The van der Waals surface area contributed by atoms with Crippen molar-refractivity contribution in [3.63, 3.8) is 0 Å². The minimum absolute atomic E-state index is 0.396. The highest BCUT2D eigenvalue weighted by Crippen LogP contribution is 2.43.